The quantitative estimate of drug-likeness (QED) is 0.669. The van der Waals surface area contributed by atoms with E-state index in [9.17, 15) is 14.0 Å². The van der Waals surface area contributed by atoms with Crippen LogP contribution in [-0.4, -0.2) is 61.4 Å². The number of imide groups is 1. The molecule has 0 unspecified atom stereocenters. The van der Waals surface area contributed by atoms with Gasteiger partial charge in [0.1, 0.15) is 17.3 Å². The lowest BCUT2D eigenvalue weighted by molar-refractivity contribution is -0.120. The second-order valence-electron chi connectivity index (χ2n) is 7.81. The van der Waals surface area contributed by atoms with Crippen molar-refractivity contribution in [1.82, 2.24) is 9.80 Å². The summed E-state index contributed by atoms with van der Waals surface area (Å²) in [4.78, 5) is 32.2. The molecule has 2 aliphatic rings. The molecule has 2 aliphatic heterocycles. The van der Waals surface area contributed by atoms with Gasteiger partial charge in [0.15, 0.2) is 0 Å². The smallest absolute Gasteiger partial charge is 0.282 e. The van der Waals surface area contributed by atoms with Crippen LogP contribution >= 0.6 is 0 Å². The topological polar surface area (TPSA) is 53.1 Å². The summed E-state index contributed by atoms with van der Waals surface area (Å²) < 4.78 is 19.1. The molecule has 31 heavy (non-hydrogen) atoms. The maximum absolute atomic E-state index is 13.5. The third kappa shape index (κ3) is 4.18. The normalized spacial score (nSPS) is 17.6. The fraction of sp³-hybridized carbons (Fsp3) is 0.333. The SMILES string of the molecule is CCCOc1ccc(C2=C(N3CCN(C)CC3)C(=O)N(c3ccc(F)cc3)C2=O)cc1. The third-order valence-electron chi connectivity index (χ3n) is 5.58. The predicted octanol–water partition coefficient (Wildman–Crippen LogP) is 3.15. The number of rotatable bonds is 6. The van der Waals surface area contributed by atoms with Crippen molar-refractivity contribution in [3.05, 3.63) is 65.6 Å². The lowest BCUT2D eigenvalue weighted by Gasteiger charge is -2.34. The molecule has 6 nitrogen and oxygen atoms in total. The van der Waals surface area contributed by atoms with E-state index in [-0.39, 0.29) is 5.91 Å². The van der Waals surface area contributed by atoms with Gasteiger partial charge >= 0.3 is 0 Å². The molecule has 0 aliphatic carbocycles. The highest BCUT2D eigenvalue weighted by atomic mass is 19.1. The Labute approximate surface area is 181 Å². The zero-order chi connectivity index (χ0) is 22.0. The largest absolute Gasteiger partial charge is 0.494 e. The Bertz CT molecular complexity index is 994. The first kappa shape index (κ1) is 21.1. The minimum absolute atomic E-state index is 0.362. The van der Waals surface area contributed by atoms with E-state index >= 15 is 0 Å². The van der Waals surface area contributed by atoms with Crippen molar-refractivity contribution in [2.45, 2.75) is 13.3 Å². The Morgan fingerprint density at radius 1 is 0.903 bits per heavy atom. The van der Waals surface area contributed by atoms with Crippen molar-refractivity contribution in [3.63, 3.8) is 0 Å². The van der Waals surface area contributed by atoms with E-state index in [1.807, 2.05) is 43.1 Å². The molecule has 0 N–H and O–H groups in total. The second kappa shape index (κ2) is 8.89. The van der Waals surface area contributed by atoms with Crippen LogP contribution in [-0.2, 0) is 9.59 Å². The standard InChI is InChI=1S/C24H26FN3O3/c1-3-16-31-20-10-4-17(5-11-20)21-22(27-14-12-26(2)13-15-27)24(30)28(23(21)29)19-8-6-18(25)7-9-19/h4-11H,3,12-16H2,1-2H3. The van der Waals surface area contributed by atoms with Crippen LogP contribution in [0.1, 0.15) is 18.9 Å². The number of piperazine rings is 1. The number of hydrogen-bond acceptors (Lipinski definition) is 5. The van der Waals surface area contributed by atoms with Crippen LogP contribution in [0.15, 0.2) is 54.2 Å². The summed E-state index contributed by atoms with van der Waals surface area (Å²) >= 11 is 0. The molecule has 0 spiro atoms. The fourth-order valence-electron chi connectivity index (χ4n) is 3.86. The highest BCUT2D eigenvalue weighted by Gasteiger charge is 2.42. The Morgan fingerprint density at radius 2 is 1.55 bits per heavy atom. The van der Waals surface area contributed by atoms with Crippen molar-refractivity contribution >= 4 is 23.1 Å². The molecule has 0 saturated carbocycles. The van der Waals surface area contributed by atoms with Crippen molar-refractivity contribution in [2.75, 3.05) is 44.7 Å². The van der Waals surface area contributed by atoms with Crippen LogP contribution in [0.25, 0.3) is 5.57 Å². The van der Waals surface area contributed by atoms with Gasteiger partial charge in [0, 0.05) is 26.2 Å². The first-order valence-electron chi connectivity index (χ1n) is 10.5. The van der Waals surface area contributed by atoms with Crippen LogP contribution in [0.5, 0.6) is 5.75 Å². The van der Waals surface area contributed by atoms with Crippen LogP contribution in [0.3, 0.4) is 0 Å². The number of anilines is 1. The monoisotopic (exact) mass is 423 g/mol. The van der Waals surface area contributed by atoms with Gasteiger partial charge in [0.2, 0.25) is 0 Å². The van der Waals surface area contributed by atoms with Crippen molar-refractivity contribution in [1.29, 1.82) is 0 Å². The van der Waals surface area contributed by atoms with E-state index in [0.29, 0.717) is 42.2 Å². The van der Waals surface area contributed by atoms with Crippen LogP contribution < -0.4 is 9.64 Å². The summed E-state index contributed by atoms with van der Waals surface area (Å²) in [5.41, 5.74) is 1.81. The van der Waals surface area contributed by atoms with Crippen molar-refractivity contribution in [3.8, 4) is 5.75 Å². The Kier molecular flexibility index (Phi) is 6.04. The summed E-state index contributed by atoms with van der Waals surface area (Å²) in [6.07, 6.45) is 0.903. The number of likely N-dealkylation sites (N-methyl/N-ethyl adjacent to an activating group) is 1. The number of benzene rings is 2. The van der Waals surface area contributed by atoms with Gasteiger partial charge in [-0.1, -0.05) is 19.1 Å². The van der Waals surface area contributed by atoms with E-state index < -0.39 is 11.7 Å². The number of ether oxygens (including phenoxy) is 1. The van der Waals surface area contributed by atoms with Gasteiger partial charge in [-0.3, -0.25) is 9.59 Å². The van der Waals surface area contributed by atoms with Crippen molar-refractivity contribution < 1.29 is 18.7 Å². The summed E-state index contributed by atoms with van der Waals surface area (Å²) in [6, 6.07) is 12.7. The maximum atomic E-state index is 13.5. The van der Waals surface area contributed by atoms with E-state index in [1.54, 1.807) is 0 Å². The maximum Gasteiger partial charge on any atom is 0.282 e. The number of carbonyl (C=O) groups is 2. The molecule has 0 bridgehead atoms. The fourth-order valence-corrected chi connectivity index (χ4v) is 3.86. The number of nitrogens with zero attached hydrogens (tertiary/aromatic N) is 3. The highest BCUT2D eigenvalue weighted by Crippen LogP contribution is 2.35. The summed E-state index contributed by atoms with van der Waals surface area (Å²) in [5, 5.41) is 0. The summed E-state index contributed by atoms with van der Waals surface area (Å²) in [5.74, 6) is -0.465. The van der Waals surface area contributed by atoms with E-state index in [1.165, 1.54) is 24.3 Å². The first-order chi connectivity index (χ1) is 15.0. The van der Waals surface area contributed by atoms with Gasteiger partial charge in [-0.05, 0) is 55.4 Å². The average molecular weight is 423 g/mol. The van der Waals surface area contributed by atoms with Gasteiger partial charge in [-0.2, -0.15) is 0 Å². The van der Waals surface area contributed by atoms with Crippen LogP contribution in [0.4, 0.5) is 10.1 Å². The van der Waals surface area contributed by atoms with Gasteiger partial charge in [-0.25, -0.2) is 9.29 Å². The average Bonchev–Trinajstić information content (AvgIpc) is 3.04. The molecular formula is C24H26FN3O3. The molecule has 0 radical (unpaired) electrons. The Balaban J connectivity index is 1.73. The summed E-state index contributed by atoms with van der Waals surface area (Å²) in [7, 11) is 2.04. The molecule has 1 fully saturated rings. The molecule has 2 amide bonds. The highest BCUT2D eigenvalue weighted by molar-refractivity contribution is 6.45. The molecule has 2 aromatic rings. The molecule has 0 atom stereocenters. The van der Waals surface area contributed by atoms with Crippen LogP contribution in [0.2, 0.25) is 0 Å². The van der Waals surface area contributed by atoms with E-state index in [0.717, 1.165) is 30.2 Å². The lowest BCUT2D eigenvalue weighted by atomic mass is 10.0. The predicted molar refractivity (Wildman–Crippen MR) is 117 cm³/mol. The number of amides is 2. The van der Waals surface area contributed by atoms with E-state index in [4.69, 9.17) is 4.74 Å². The molecule has 0 aromatic heterocycles. The molecule has 1 saturated heterocycles. The number of carbonyl (C=O) groups excluding carboxylic acids is 2. The summed E-state index contributed by atoms with van der Waals surface area (Å²) in [6.45, 7) is 5.57. The van der Waals surface area contributed by atoms with Gasteiger partial charge < -0.3 is 14.5 Å². The minimum atomic E-state index is -0.419. The van der Waals surface area contributed by atoms with E-state index in [2.05, 4.69) is 4.90 Å². The molecule has 7 heteroatoms. The molecule has 4 rings (SSSR count). The molecular weight excluding hydrogens is 397 g/mol. The van der Waals surface area contributed by atoms with Gasteiger partial charge in [-0.15, -0.1) is 0 Å². The molecule has 2 heterocycles. The number of halogens is 1. The van der Waals surface area contributed by atoms with Gasteiger partial charge in [0.05, 0.1) is 17.9 Å². The van der Waals surface area contributed by atoms with Crippen molar-refractivity contribution in [2.24, 2.45) is 0 Å². The van der Waals surface area contributed by atoms with Crippen LogP contribution in [0, 0.1) is 5.82 Å². The Morgan fingerprint density at radius 3 is 2.16 bits per heavy atom. The lowest BCUT2D eigenvalue weighted by Crippen LogP contribution is -2.46. The minimum Gasteiger partial charge on any atom is -0.494 e. The second-order valence-corrected chi connectivity index (χ2v) is 7.81. The first-order valence-corrected chi connectivity index (χ1v) is 10.5. The third-order valence-corrected chi connectivity index (χ3v) is 5.58. The molecule has 162 valence electrons. The zero-order valence-corrected chi connectivity index (χ0v) is 17.8. The van der Waals surface area contributed by atoms with Gasteiger partial charge in [0.25, 0.3) is 11.8 Å². The Hall–Kier alpha value is -3.19. The zero-order valence-electron chi connectivity index (χ0n) is 17.8. The molecule has 2 aromatic carbocycles. The number of hydrogen-bond donors (Lipinski definition) is 0.